The minimum Gasteiger partial charge on any atom is -0.454 e. The van der Waals surface area contributed by atoms with Crippen LogP contribution in [0.25, 0.3) is 0 Å². The third kappa shape index (κ3) is 3.03. The van der Waals surface area contributed by atoms with Crippen LogP contribution in [0.5, 0.6) is 11.5 Å². The van der Waals surface area contributed by atoms with Gasteiger partial charge in [-0.2, -0.15) is 13.2 Å². The fourth-order valence-electron chi connectivity index (χ4n) is 1.63. The van der Waals surface area contributed by atoms with E-state index in [9.17, 15) is 13.2 Å². The van der Waals surface area contributed by atoms with Gasteiger partial charge in [0.15, 0.2) is 11.5 Å². The van der Waals surface area contributed by atoms with Gasteiger partial charge >= 0.3 is 6.18 Å². The summed E-state index contributed by atoms with van der Waals surface area (Å²) < 4.78 is 46.4. The van der Waals surface area contributed by atoms with Gasteiger partial charge in [0.05, 0.1) is 0 Å². The topological polar surface area (TPSA) is 44.5 Å². The van der Waals surface area contributed by atoms with Crippen molar-refractivity contribution in [3.8, 4) is 11.5 Å². The maximum atomic E-state index is 12.1. The summed E-state index contributed by atoms with van der Waals surface area (Å²) in [5.41, 5.74) is 6.32. The summed E-state index contributed by atoms with van der Waals surface area (Å²) in [5.74, 6) is 1.13. The Labute approximate surface area is 96.3 Å². The van der Waals surface area contributed by atoms with Crippen molar-refractivity contribution in [2.75, 3.05) is 6.79 Å². The first-order valence-corrected chi connectivity index (χ1v) is 5.17. The van der Waals surface area contributed by atoms with Crippen molar-refractivity contribution in [1.29, 1.82) is 0 Å². The van der Waals surface area contributed by atoms with E-state index in [1.807, 2.05) is 0 Å². The molecule has 0 fully saturated rings. The Kier molecular flexibility index (Phi) is 3.15. The van der Waals surface area contributed by atoms with Crippen molar-refractivity contribution in [3.05, 3.63) is 23.8 Å². The summed E-state index contributed by atoms with van der Waals surface area (Å²) in [7, 11) is 0. The molecule has 1 atom stereocenters. The van der Waals surface area contributed by atoms with E-state index in [1.165, 1.54) is 0 Å². The Balaban J connectivity index is 2.02. The number of benzene rings is 1. The second-order valence-corrected chi connectivity index (χ2v) is 3.87. The van der Waals surface area contributed by atoms with E-state index < -0.39 is 18.6 Å². The fraction of sp³-hybridized carbons (Fsp3) is 0.455. The lowest BCUT2D eigenvalue weighted by Crippen LogP contribution is -2.15. The molecule has 0 amide bonds. The van der Waals surface area contributed by atoms with Crippen LogP contribution in [0, 0.1) is 0 Å². The molecule has 0 saturated heterocycles. The quantitative estimate of drug-likeness (QED) is 0.893. The number of halogens is 3. The summed E-state index contributed by atoms with van der Waals surface area (Å²) in [6.45, 7) is 0.135. The summed E-state index contributed by atoms with van der Waals surface area (Å²) in [6, 6.07) is 4.30. The van der Waals surface area contributed by atoms with Gasteiger partial charge in [-0.25, -0.2) is 0 Å². The van der Waals surface area contributed by atoms with Crippen LogP contribution in [0.15, 0.2) is 18.2 Å². The monoisotopic (exact) mass is 247 g/mol. The van der Waals surface area contributed by atoms with Gasteiger partial charge in [0.25, 0.3) is 0 Å². The Morgan fingerprint density at radius 3 is 2.65 bits per heavy atom. The molecule has 1 aromatic carbocycles. The number of ether oxygens (including phenoxy) is 2. The molecule has 0 aliphatic carbocycles. The molecule has 2 N–H and O–H groups in total. The first kappa shape index (κ1) is 12.0. The molecule has 0 radical (unpaired) electrons. The predicted molar refractivity (Wildman–Crippen MR) is 54.8 cm³/mol. The molecule has 0 aromatic heterocycles. The Hall–Kier alpha value is -1.43. The molecule has 1 aliphatic heterocycles. The molecular weight excluding hydrogens is 235 g/mol. The largest absolute Gasteiger partial charge is 0.454 e. The number of alkyl halides is 3. The number of rotatable bonds is 3. The molecule has 2 rings (SSSR count). The summed E-state index contributed by atoms with van der Waals surface area (Å²) >= 11 is 0. The number of hydrogen-bond acceptors (Lipinski definition) is 3. The molecule has 6 heteroatoms. The second kappa shape index (κ2) is 4.44. The van der Waals surface area contributed by atoms with Gasteiger partial charge in [0.2, 0.25) is 6.79 Å². The van der Waals surface area contributed by atoms with Crippen molar-refractivity contribution < 1.29 is 22.6 Å². The van der Waals surface area contributed by atoms with E-state index >= 15 is 0 Å². The number of fused-ring (bicyclic) bond motifs is 1. The van der Waals surface area contributed by atoms with Crippen LogP contribution < -0.4 is 15.2 Å². The lowest BCUT2D eigenvalue weighted by molar-refractivity contribution is -0.136. The van der Waals surface area contributed by atoms with Crippen molar-refractivity contribution in [2.24, 2.45) is 5.73 Å². The normalized spacial score (nSPS) is 16.0. The van der Waals surface area contributed by atoms with Crippen molar-refractivity contribution in [3.63, 3.8) is 0 Å². The molecule has 3 nitrogen and oxygen atoms in total. The molecule has 1 aromatic rings. The van der Waals surface area contributed by atoms with Crippen LogP contribution in [0.2, 0.25) is 0 Å². The third-order valence-electron chi connectivity index (χ3n) is 2.56. The zero-order chi connectivity index (χ0) is 12.5. The number of nitrogens with two attached hydrogens (primary N) is 1. The lowest BCUT2D eigenvalue weighted by atomic mass is 10.0. The first-order chi connectivity index (χ1) is 7.96. The average molecular weight is 247 g/mol. The molecule has 94 valence electrons. The van der Waals surface area contributed by atoms with E-state index in [2.05, 4.69) is 0 Å². The predicted octanol–water partition coefficient (Wildman–Crippen LogP) is 2.76. The standard InChI is InChI=1S/C11H12F3NO2/c12-11(13,14)4-3-8(15)7-1-2-9-10(5-7)17-6-16-9/h1-2,5,8H,3-4,6,15H2/t8-/m0/s1. The molecule has 1 heterocycles. The van der Waals surface area contributed by atoms with E-state index in [4.69, 9.17) is 15.2 Å². The Morgan fingerprint density at radius 2 is 1.94 bits per heavy atom. The summed E-state index contributed by atoms with van der Waals surface area (Å²) in [5, 5.41) is 0. The highest BCUT2D eigenvalue weighted by atomic mass is 19.4. The van der Waals surface area contributed by atoms with E-state index in [-0.39, 0.29) is 13.2 Å². The summed E-state index contributed by atoms with van der Waals surface area (Å²) in [6.07, 6.45) is -5.19. The second-order valence-electron chi connectivity index (χ2n) is 3.87. The van der Waals surface area contributed by atoms with Crippen LogP contribution >= 0.6 is 0 Å². The van der Waals surface area contributed by atoms with E-state index in [1.54, 1.807) is 18.2 Å². The maximum Gasteiger partial charge on any atom is 0.389 e. The van der Waals surface area contributed by atoms with Crippen LogP contribution in [0.4, 0.5) is 13.2 Å². The molecule has 1 aliphatic rings. The van der Waals surface area contributed by atoms with Crippen LogP contribution in [0.1, 0.15) is 24.4 Å². The van der Waals surface area contributed by atoms with Crippen molar-refractivity contribution in [2.45, 2.75) is 25.1 Å². The fourth-order valence-corrected chi connectivity index (χ4v) is 1.63. The van der Waals surface area contributed by atoms with Gasteiger partial charge < -0.3 is 15.2 Å². The highest BCUT2D eigenvalue weighted by molar-refractivity contribution is 5.45. The van der Waals surface area contributed by atoms with E-state index in [0.717, 1.165) is 0 Å². The van der Waals surface area contributed by atoms with Crippen LogP contribution in [-0.2, 0) is 0 Å². The molecule has 17 heavy (non-hydrogen) atoms. The lowest BCUT2D eigenvalue weighted by Gasteiger charge is -2.13. The maximum absolute atomic E-state index is 12.1. The SMILES string of the molecule is N[C@@H](CCC(F)(F)F)c1ccc2c(c1)OCO2. The molecule has 0 saturated carbocycles. The van der Waals surface area contributed by atoms with Gasteiger partial charge in [-0.3, -0.25) is 0 Å². The zero-order valence-electron chi connectivity index (χ0n) is 8.96. The van der Waals surface area contributed by atoms with Crippen LogP contribution in [0.3, 0.4) is 0 Å². The smallest absolute Gasteiger partial charge is 0.389 e. The van der Waals surface area contributed by atoms with E-state index in [0.29, 0.717) is 17.1 Å². The minimum atomic E-state index is -4.17. The zero-order valence-corrected chi connectivity index (χ0v) is 8.96. The van der Waals surface area contributed by atoms with Crippen molar-refractivity contribution in [1.82, 2.24) is 0 Å². The third-order valence-corrected chi connectivity index (χ3v) is 2.56. The average Bonchev–Trinajstić information content (AvgIpc) is 2.71. The van der Waals surface area contributed by atoms with Crippen molar-refractivity contribution >= 4 is 0 Å². The van der Waals surface area contributed by atoms with Gasteiger partial charge in [0, 0.05) is 12.5 Å². The minimum absolute atomic E-state index is 0.135. The highest BCUT2D eigenvalue weighted by Gasteiger charge is 2.28. The molecule has 0 spiro atoms. The van der Waals surface area contributed by atoms with Gasteiger partial charge in [-0.1, -0.05) is 6.07 Å². The molecular formula is C11H12F3NO2. The van der Waals surface area contributed by atoms with Gasteiger partial charge in [-0.05, 0) is 24.1 Å². The molecule has 0 bridgehead atoms. The van der Waals surface area contributed by atoms with Crippen LogP contribution in [-0.4, -0.2) is 13.0 Å². The molecule has 0 unspecified atom stereocenters. The Bertz CT molecular complexity index is 406. The Morgan fingerprint density at radius 1 is 1.24 bits per heavy atom. The van der Waals surface area contributed by atoms with Gasteiger partial charge in [0.1, 0.15) is 0 Å². The summed E-state index contributed by atoms with van der Waals surface area (Å²) in [4.78, 5) is 0. The highest BCUT2D eigenvalue weighted by Crippen LogP contribution is 2.35. The number of hydrogen-bond donors (Lipinski definition) is 1. The first-order valence-electron chi connectivity index (χ1n) is 5.17. The van der Waals surface area contributed by atoms with Gasteiger partial charge in [-0.15, -0.1) is 0 Å².